The number of rotatable bonds is 5. The molecule has 0 spiro atoms. The van der Waals surface area contributed by atoms with Crippen LogP contribution in [0, 0.1) is 5.92 Å². The van der Waals surface area contributed by atoms with E-state index in [9.17, 15) is 9.90 Å². The molecule has 0 radical (unpaired) electrons. The summed E-state index contributed by atoms with van der Waals surface area (Å²) < 4.78 is 5.30. The Morgan fingerprint density at radius 3 is 2.81 bits per heavy atom. The summed E-state index contributed by atoms with van der Waals surface area (Å²) in [6, 6.07) is 10.7. The Morgan fingerprint density at radius 1 is 1.38 bits per heavy atom. The van der Waals surface area contributed by atoms with Crippen LogP contribution in [0.2, 0.25) is 5.02 Å². The zero-order valence-electron chi connectivity index (χ0n) is 11.3. The van der Waals surface area contributed by atoms with E-state index in [2.05, 4.69) is 5.32 Å². The van der Waals surface area contributed by atoms with Gasteiger partial charge in [0.25, 0.3) is 0 Å². The van der Waals surface area contributed by atoms with Crippen molar-refractivity contribution in [2.75, 3.05) is 6.54 Å². The van der Waals surface area contributed by atoms with Crippen LogP contribution in [0.1, 0.15) is 29.8 Å². The third-order valence-electron chi connectivity index (χ3n) is 3.76. The largest absolute Gasteiger partial charge is 0.469 e. The molecule has 0 aliphatic heterocycles. The molecule has 2 aromatic rings. The van der Waals surface area contributed by atoms with Crippen molar-refractivity contribution in [1.82, 2.24) is 5.32 Å². The predicted molar refractivity (Wildman–Crippen MR) is 79.0 cm³/mol. The van der Waals surface area contributed by atoms with E-state index >= 15 is 0 Å². The summed E-state index contributed by atoms with van der Waals surface area (Å²) in [6.45, 7) is 0.196. The molecule has 1 heterocycles. The molecule has 1 amide bonds. The lowest BCUT2D eigenvalue weighted by atomic mass is 10.1. The van der Waals surface area contributed by atoms with Crippen LogP contribution in [0.5, 0.6) is 0 Å². The number of aliphatic hydroxyl groups is 1. The topological polar surface area (TPSA) is 62.5 Å². The highest BCUT2D eigenvalue weighted by molar-refractivity contribution is 6.30. The first-order valence-corrected chi connectivity index (χ1v) is 7.27. The third-order valence-corrected chi connectivity index (χ3v) is 4.01. The Labute approximate surface area is 127 Å². The van der Waals surface area contributed by atoms with Gasteiger partial charge in [0.15, 0.2) is 0 Å². The Hall–Kier alpha value is -1.78. The fourth-order valence-electron chi connectivity index (χ4n) is 2.43. The summed E-state index contributed by atoms with van der Waals surface area (Å²) in [5, 5.41) is 13.4. The number of hydrogen-bond acceptors (Lipinski definition) is 3. The quantitative estimate of drug-likeness (QED) is 0.893. The van der Waals surface area contributed by atoms with E-state index in [0.717, 1.165) is 17.7 Å². The molecule has 1 aliphatic rings. The molecule has 3 rings (SSSR count). The van der Waals surface area contributed by atoms with Gasteiger partial charge in [-0.25, -0.2) is 0 Å². The molecule has 3 atom stereocenters. The molecule has 0 unspecified atom stereocenters. The number of aliphatic hydroxyl groups excluding tert-OH is 1. The van der Waals surface area contributed by atoms with Crippen molar-refractivity contribution in [2.45, 2.75) is 18.4 Å². The fourth-order valence-corrected chi connectivity index (χ4v) is 2.56. The zero-order valence-corrected chi connectivity index (χ0v) is 12.1. The van der Waals surface area contributed by atoms with Gasteiger partial charge in [0.2, 0.25) is 5.91 Å². The van der Waals surface area contributed by atoms with Crippen molar-refractivity contribution in [2.24, 2.45) is 5.92 Å². The Morgan fingerprint density at radius 2 is 2.14 bits per heavy atom. The number of amides is 1. The second kappa shape index (κ2) is 5.92. The second-order valence-corrected chi connectivity index (χ2v) is 5.71. The molecular formula is C16H16ClNO3. The maximum absolute atomic E-state index is 12.0. The van der Waals surface area contributed by atoms with Gasteiger partial charge in [-0.05, 0) is 36.2 Å². The minimum Gasteiger partial charge on any atom is -0.469 e. The molecule has 1 aromatic carbocycles. The summed E-state index contributed by atoms with van der Waals surface area (Å²) in [7, 11) is 0. The highest BCUT2D eigenvalue weighted by atomic mass is 35.5. The Balaban J connectivity index is 1.49. The molecule has 1 fully saturated rings. The molecule has 21 heavy (non-hydrogen) atoms. The van der Waals surface area contributed by atoms with Crippen LogP contribution in [0.3, 0.4) is 0 Å². The minimum absolute atomic E-state index is 0.0376. The van der Waals surface area contributed by atoms with E-state index < -0.39 is 6.10 Å². The number of benzene rings is 1. The summed E-state index contributed by atoms with van der Waals surface area (Å²) in [4.78, 5) is 12.0. The van der Waals surface area contributed by atoms with E-state index in [-0.39, 0.29) is 24.3 Å². The molecule has 4 nitrogen and oxygen atoms in total. The van der Waals surface area contributed by atoms with Crippen LogP contribution in [-0.2, 0) is 4.79 Å². The average molecular weight is 306 g/mol. The highest BCUT2D eigenvalue weighted by Gasteiger charge is 2.45. The van der Waals surface area contributed by atoms with Crippen molar-refractivity contribution < 1.29 is 14.3 Å². The van der Waals surface area contributed by atoms with Crippen LogP contribution < -0.4 is 5.32 Å². The second-order valence-electron chi connectivity index (χ2n) is 5.28. The molecule has 2 N–H and O–H groups in total. The van der Waals surface area contributed by atoms with Gasteiger partial charge >= 0.3 is 0 Å². The monoisotopic (exact) mass is 305 g/mol. The van der Waals surface area contributed by atoms with E-state index in [4.69, 9.17) is 16.0 Å². The number of furan rings is 1. The number of carbonyl (C=O) groups excluding carboxylic acids is 1. The average Bonchev–Trinajstić information content (AvgIpc) is 3.11. The highest BCUT2D eigenvalue weighted by Crippen LogP contribution is 2.47. The van der Waals surface area contributed by atoms with Crippen LogP contribution in [0.4, 0.5) is 0 Å². The van der Waals surface area contributed by atoms with Gasteiger partial charge in [-0.1, -0.05) is 23.7 Å². The maximum Gasteiger partial charge on any atom is 0.223 e. The summed E-state index contributed by atoms with van der Waals surface area (Å²) >= 11 is 5.80. The van der Waals surface area contributed by atoms with Gasteiger partial charge in [-0.2, -0.15) is 0 Å². The molecule has 0 saturated heterocycles. The summed E-state index contributed by atoms with van der Waals surface area (Å²) in [5.41, 5.74) is 0.734. The third kappa shape index (κ3) is 3.28. The van der Waals surface area contributed by atoms with E-state index in [0.29, 0.717) is 5.02 Å². The van der Waals surface area contributed by atoms with Crippen molar-refractivity contribution in [1.29, 1.82) is 0 Å². The molecular weight excluding hydrogens is 290 g/mol. The van der Waals surface area contributed by atoms with Crippen LogP contribution >= 0.6 is 11.6 Å². The lowest BCUT2D eigenvalue weighted by molar-refractivity contribution is -0.122. The van der Waals surface area contributed by atoms with Crippen LogP contribution in [0.15, 0.2) is 47.1 Å². The van der Waals surface area contributed by atoms with E-state index in [1.165, 1.54) is 0 Å². The smallest absolute Gasteiger partial charge is 0.223 e. The molecule has 110 valence electrons. The van der Waals surface area contributed by atoms with Gasteiger partial charge in [0.1, 0.15) is 5.76 Å². The van der Waals surface area contributed by atoms with Crippen molar-refractivity contribution in [3.63, 3.8) is 0 Å². The summed E-state index contributed by atoms with van der Waals surface area (Å²) in [5.74, 6) is 0.944. The first-order valence-electron chi connectivity index (χ1n) is 6.90. The first-order chi connectivity index (χ1) is 10.1. The lowest BCUT2D eigenvalue weighted by Gasteiger charge is -2.12. The fraction of sp³-hybridized carbons (Fsp3) is 0.312. The maximum atomic E-state index is 12.0. The predicted octanol–water partition coefficient (Wildman–Crippen LogP) is 2.89. The van der Waals surface area contributed by atoms with Gasteiger partial charge in [-0.15, -0.1) is 0 Å². The SMILES string of the molecule is O=C(NC[C@H](O)c1ccc(Cl)cc1)[C@@H]1C[C@@H]1c1ccco1. The van der Waals surface area contributed by atoms with Crippen LogP contribution in [-0.4, -0.2) is 17.6 Å². The lowest BCUT2D eigenvalue weighted by Crippen LogP contribution is -2.29. The van der Waals surface area contributed by atoms with Gasteiger partial charge < -0.3 is 14.8 Å². The van der Waals surface area contributed by atoms with Crippen molar-refractivity contribution >= 4 is 17.5 Å². The molecule has 1 aliphatic carbocycles. The minimum atomic E-state index is -0.730. The van der Waals surface area contributed by atoms with Crippen LogP contribution in [0.25, 0.3) is 0 Å². The van der Waals surface area contributed by atoms with E-state index in [1.54, 1.807) is 30.5 Å². The van der Waals surface area contributed by atoms with Gasteiger partial charge in [-0.3, -0.25) is 4.79 Å². The van der Waals surface area contributed by atoms with Gasteiger partial charge in [0, 0.05) is 23.4 Å². The number of hydrogen-bond donors (Lipinski definition) is 2. The van der Waals surface area contributed by atoms with Crippen molar-refractivity contribution in [3.8, 4) is 0 Å². The number of halogens is 1. The Bertz CT molecular complexity index is 609. The normalized spacial score (nSPS) is 21.8. The van der Waals surface area contributed by atoms with E-state index in [1.807, 2.05) is 12.1 Å². The zero-order chi connectivity index (χ0) is 14.8. The molecule has 0 bridgehead atoms. The van der Waals surface area contributed by atoms with Gasteiger partial charge in [0.05, 0.1) is 12.4 Å². The molecule has 5 heteroatoms. The molecule has 1 aromatic heterocycles. The summed E-state index contributed by atoms with van der Waals surface area (Å²) in [6.07, 6.45) is 1.69. The molecule has 1 saturated carbocycles. The Kier molecular flexibility index (Phi) is 3.99. The number of nitrogens with one attached hydrogen (secondary N) is 1. The van der Waals surface area contributed by atoms with Crippen molar-refractivity contribution in [3.05, 3.63) is 59.0 Å². The standard InChI is InChI=1S/C16H16ClNO3/c17-11-5-3-10(4-6-11)14(19)9-18-16(20)13-8-12(13)15-2-1-7-21-15/h1-7,12-14,19H,8-9H2,(H,18,20)/t12-,13+,14-/m0/s1. The number of carbonyl (C=O) groups is 1. The first kappa shape index (κ1) is 14.2.